The first kappa shape index (κ1) is 19.3. The minimum atomic E-state index is -0.616. The molecule has 146 valence electrons. The number of benzene rings is 1. The average molecular weight is 375 g/mol. The standard InChI is InChI=1S/C20H26FN3O3/c1-14(25)23-12-8-15(9-13-23)18(20(27)24-10-2-3-11-24)22-19(26)16-4-6-17(21)7-5-16/h4-7,15,18H,2-3,8-13H2,1H3,(H,22,26)/t18-/m1/s1. The van der Waals surface area contributed by atoms with Gasteiger partial charge in [0, 0.05) is 38.7 Å². The molecule has 2 fully saturated rings. The Morgan fingerprint density at radius 2 is 1.59 bits per heavy atom. The maximum absolute atomic E-state index is 13.1. The van der Waals surface area contributed by atoms with Crippen molar-refractivity contribution in [3.05, 3.63) is 35.6 Å². The van der Waals surface area contributed by atoms with E-state index in [4.69, 9.17) is 0 Å². The number of hydrogen-bond acceptors (Lipinski definition) is 3. The Morgan fingerprint density at radius 1 is 1.00 bits per heavy atom. The summed E-state index contributed by atoms with van der Waals surface area (Å²) >= 11 is 0. The lowest BCUT2D eigenvalue weighted by atomic mass is 9.88. The molecule has 7 heteroatoms. The number of carbonyl (C=O) groups is 3. The van der Waals surface area contributed by atoms with Crippen LogP contribution < -0.4 is 5.32 Å². The molecule has 1 atom stereocenters. The van der Waals surface area contributed by atoms with E-state index in [2.05, 4.69) is 5.32 Å². The van der Waals surface area contributed by atoms with Gasteiger partial charge in [-0.15, -0.1) is 0 Å². The normalized spacial score (nSPS) is 19.0. The third-order valence-electron chi connectivity index (χ3n) is 5.53. The van der Waals surface area contributed by atoms with Crippen LogP contribution in [0.25, 0.3) is 0 Å². The first-order valence-electron chi connectivity index (χ1n) is 9.56. The van der Waals surface area contributed by atoms with Crippen molar-refractivity contribution < 1.29 is 18.8 Å². The van der Waals surface area contributed by atoms with Crippen molar-refractivity contribution in [3.8, 4) is 0 Å². The van der Waals surface area contributed by atoms with E-state index >= 15 is 0 Å². The zero-order chi connectivity index (χ0) is 19.4. The predicted octanol–water partition coefficient (Wildman–Crippen LogP) is 1.80. The highest BCUT2D eigenvalue weighted by Gasteiger charge is 2.36. The van der Waals surface area contributed by atoms with Gasteiger partial charge in [0.25, 0.3) is 5.91 Å². The summed E-state index contributed by atoms with van der Waals surface area (Å²) in [5.74, 6) is -0.817. The van der Waals surface area contributed by atoms with Gasteiger partial charge in [-0.2, -0.15) is 0 Å². The number of hydrogen-bond donors (Lipinski definition) is 1. The van der Waals surface area contributed by atoms with Gasteiger partial charge >= 0.3 is 0 Å². The molecule has 2 heterocycles. The van der Waals surface area contributed by atoms with Gasteiger partial charge in [0.1, 0.15) is 11.9 Å². The molecule has 1 N–H and O–H groups in total. The van der Waals surface area contributed by atoms with Crippen molar-refractivity contribution in [1.29, 1.82) is 0 Å². The molecule has 0 aliphatic carbocycles. The summed E-state index contributed by atoms with van der Waals surface area (Å²) in [6.07, 6.45) is 3.31. The molecule has 0 unspecified atom stereocenters. The lowest BCUT2D eigenvalue weighted by Gasteiger charge is -2.36. The first-order chi connectivity index (χ1) is 13.0. The van der Waals surface area contributed by atoms with Crippen LogP contribution in [-0.4, -0.2) is 59.7 Å². The van der Waals surface area contributed by atoms with E-state index in [0.29, 0.717) is 44.6 Å². The third-order valence-corrected chi connectivity index (χ3v) is 5.53. The molecule has 6 nitrogen and oxygen atoms in total. The molecular formula is C20H26FN3O3. The smallest absolute Gasteiger partial charge is 0.251 e. The lowest BCUT2D eigenvalue weighted by Crippen LogP contribution is -2.54. The van der Waals surface area contributed by atoms with E-state index in [9.17, 15) is 18.8 Å². The van der Waals surface area contributed by atoms with Crippen LogP contribution in [0.2, 0.25) is 0 Å². The number of nitrogens with zero attached hydrogens (tertiary/aromatic N) is 2. The van der Waals surface area contributed by atoms with Crippen LogP contribution in [-0.2, 0) is 9.59 Å². The molecule has 0 aromatic heterocycles. The summed E-state index contributed by atoms with van der Waals surface area (Å²) in [7, 11) is 0. The molecule has 0 bridgehead atoms. The fraction of sp³-hybridized carbons (Fsp3) is 0.550. The number of nitrogens with one attached hydrogen (secondary N) is 1. The van der Waals surface area contributed by atoms with Gasteiger partial charge in [0.15, 0.2) is 0 Å². The zero-order valence-electron chi connectivity index (χ0n) is 15.6. The van der Waals surface area contributed by atoms with Gasteiger partial charge < -0.3 is 15.1 Å². The second-order valence-electron chi connectivity index (χ2n) is 7.33. The van der Waals surface area contributed by atoms with Crippen LogP contribution in [0, 0.1) is 11.7 Å². The van der Waals surface area contributed by atoms with Gasteiger partial charge in [0.2, 0.25) is 11.8 Å². The predicted molar refractivity (Wildman–Crippen MR) is 98.4 cm³/mol. The minimum absolute atomic E-state index is 0.0156. The monoisotopic (exact) mass is 375 g/mol. The highest BCUT2D eigenvalue weighted by molar-refractivity contribution is 5.97. The molecule has 1 aromatic carbocycles. The number of likely N-dealkylation sites (tertiary alicyclic amines) is 2. The third kappa shape index (κ3) is 4.64. The maximum atomic E-state index is 13.1. The molecular weight excluding hydrogens is 349 g/mol. The van der Waals surface area contributed by atoms with Gasteiger partial charge in [-0.05, 0) is 55.9 Å². The number of piperidine rings is 1. The van der Waals surface area contributed by atoms with E-state index in [1.807, 2.05) is 4.90 Å². The molecule has 2 aliphatic heterocycles. The Bertz CT molecular complexity index is 693. The van der Waals surface area contributed by atoms with Gasteiger partial charge in [-0.25, -0.2) is 4.39 Å². The van der Waals surface area contributed by atoms with E-state index in [0.717, 1.165) is 12.8 Å². The van der Waals surface area contributed by atoms with Crippen LogP contribution in [0.15, 0.2) is 24.3 Å². The highest BCUT2D eigenvalue weighted by atomic mass is 19.1. The molecule has 0 radical (unpaired) electrons. The quantitative estimate of drug-likeness (QED) is 0.873. The van der Waals surface area contributed by atoms with Crippen LogP contribution >= 0.6 is 0 Å². The van der Waals surface area contributed by atoms with Crippen molar-refractivity contribution in [2.24, 2.45) is 5.92 Å². The Morgan fingerprint density at radius 3 is 2.15 bits per heavy atom. The number of carbonyl (C=O) groups excluding carboxylic acids is 3. The van der Waals surface area contributed by atoms with Crippen LogP contribution in [0.3, 0.4) is 0 Å². The summed E-state index contributed by atoms with van der Waals surface area (Å²) < 4.78 is 13.1. The lowest BCUT2D eigenvalue weighted by molar-refractivity contribution is -0.134. The van der Waals surface area contributed by atoms with Gasteiger partial charge in [-0.3, -0.25) is 14.4 Å². The Balaban J connectivity index is 1.73. The average Bonchev–Trinajstić information content (AvgIpc) is 3.21. The minimum Gasteiger partial charge on any atom is -0.343 e. The largest absolute Gasteiger partial charge is 0.343 e. The molecule has 2 saturated heterocycles. The van der Waals surface area contributed by atoms with Crippen molar-refractivity contribution in [1.82, 2.24) is 15.1 Å². The Labute approximate surface area is 158 Å². The summed E-state index contributed by atoms with van der Waals surface area (Å²) in [5.41, 5.74) is 0.330. The van der Waals surface area contributed by atoms with Crippen LogP contribution in [0.1, 0.15) is 43.0 Å². The van der Waals surface area contributed by atoms with Crippen molar-refractivity contribution >= 4 is 17.7 Å². The number of halogens is 1. The zero-order valence-corrected chi connectivity index (χ0v) is 15.6. The second-order valence-corrected chi connectivity index (χ2v) is 7.33. The fourth-order valence-corrected chi connectivity index (χ4v) is 3.89. The molecule has 1 aromatic rings. The number of rotatable bonds is 4. The van der Waals surface area contributed by atoms with E-state index in [1.165, 1.54) is 24.3 Å². The second kappa shape index (κ2) is 8.50. The van der Waals surface area contributed by atoms with Crippen molar-refractivity contribution in [2.45, 2.75) is 38.6 Å². The summed E-state index contributed by atoms with van der Waals surface area (Å²) in [4.78, 5) is 40.8. The molecule has 27 heavy (non-hydrogen) atoms. The van der Waals surface area contributed by atoms with Crippen LogP contribution in [0.4, 0.5) is 4.39 Å². The summed E-state index contributed by atoms with van der Waals surface area (Å²) in [6.45, 7) is 4.16. The van der Waals surface area contributed by atoms with E-state index in [1.54, 1.807) is 11.8 Å². The summed E-state index contributed by atoms with van der Waals surface area (Å²) in [6, 6.07) is 4.69. The highest BCUT2D eigenvalue weighted by Crippen LogP contribution is 2.24. The molecule has 0 spiro atoms. The van der Waals surface area contributed by atoms with Gasteiger partial charge in [-0.1, -0.05) is 0 Å². The Hall–Kier alpha value is -2.44. The summed E-state index contributed by atoms with van der Waals surface area (Å²) in [5, 5.41) is 2.89. The van der Waals surface area contributed by atoms with Crippen molar-refractivity contribution in [2.75, 3.05) is 26.2 Å². The topological polar surface area (TPSA) is 69.7 Å². The molecule has 3 amide bonds. The fourth-order valence-electron chi connectivity index (χ4n) is 3.89. The number of amides is 3. The SMILES string of the molecule is CC(=O)N1CCC([C@@H](NC(=O)c2ccc(F)cc2)C(=O)N2CCCC2)CC1. The van der Waals surface area contributed by atoms with Crippen LogP contribution in [0.5, 0.6) is 0 Å². The molecule has 2 aliphatic rings. The Kier molecular flexibility index (Phi) is 6.08. The van der Waals surface area contributed by atoms with Crippen molar-refractivity contribution in [3.63, 3.8) is 0 Å². The van der Waals surface area contributed by atoms with Gasteiger partial charge in [0.05, 0.1) is 0 Å². The molecule has 3 rings (SSSR count). The first-order valence-corrected chi connectivity index (χ1v) is 9.56. The molecule has 0 saturated carbocycles. The van der Waals surface area contributed by atoms with E-state index < -0.39 is 11.9 Å². The maximum Gasteiger partial charge on any atom is 0.251 e. The van der Waals surface area contributed by atoms with E-state index in [-0.39, 0.29) is 23.6 Å².